The molecule has 0 spiro atoms. The molecule has 0 saturated heterocycles. The lowest BCUT2D eigenvalue weighted by atomic mass is 10.0. The number of allylic oxidation sites excluding steroid dienone is 3. The van der Waals surface area contributed by atoms with Crippen molar-refractivity contribution < 1.29 is 4.74 Å². The van der Waals surface area contributed by atoms with Crippen LogP contribution in [0, 0.1) is 11.8 Å². The van der Waals surface area contributed by atoms with Gasteiger partial charge in [0.25, 0.3) is 0 Å². The van der Waals surface area contributed by atoms with Crippen LogP contribution in [-0.2, 0) is 4.74 Å². The molecule has 2 aliphatic carbocycles. The lowest BCUT2D eigenvalue weighted by Crippen LogP contribution is -2.09. The highest BCUT2D eigenvalue weighted by molar-refractivity contribution is 5.10. The van der Waals surface area contributed by atoms with Crippen molar-refractivity contribution in [1.29, 1.82) is 0 Å². The Kier molecular flexibility index (Phi) is 2.62. The van der Waals surface area contributed by atoms with E-state index in [4.69, 9.17) is 4.74 Å². The highest BCUT2D eigenvalue weighted by atomic mass is 16.5. The van der Waals surface area contributed by atoms with Crippen LogP contribution < -0.4 is 0 Å². The standard InChI is InChI=1S/C11H16O/c1-2-4-10(5-3-1)8-12-9-11-6-7-11/h1-4,10-11H,5-9H2. The molecule has 2 aliphatic rings. The normalized spacial score (nSPS) is 27.8. The predicted octanol–water partition coefficient (Wildman–Crippen LogP) is 2.55. The molecule has 0 N–H and O–H groups in total. The Balaban J connectivity index is 1.59. The zero-order chi connectivity index (χ0) is 8.23. The van der Waals surface area contributed by atoms with E-state index in [-0.39, 0.29) is 0 Å². The first-order valence-electron chi connectivity index (χ1n) is 4.86. The third kappa shape index (κ3) is 2.49. The summed E-state index contributed by atoms with van der Waals surface area (Å²) in [6, 6.07) is 0. The van der Waals surface area contributed by atoms with E-state index in [1.54, 1.807) is 0 Å². The van der Waals surface area contributed by atoms with E-state index in [1.807, 2.05) is 0 Å². The van der Waals surface area contributed by atoms with E-state index in [9.17, 15) is 0 Å². The SMILES string of the molecule is C1=CCC(COCC2CC2)C=C1. The van der Waals surface area contributed by atoms with Crippen LogP contribution in [-0.4, -0.2) is 13.2 Å². The largest absolute Gasteiger partial charge is 0.381 e. The smallest absolute Gasteiger partial charge is 0.0532 e. The van der Waals surface area contributed by atoms with Crippen LogP contribution in [0.15, 0.2) is 24.3 Å². The predicted molar refractivity (Wildman–Crippen MR) is 49.9 cm³/mol. The molecule has 0 radical (unpaired) electrons. The average molecular weight is 164 g/mol. The molecule has 0 heterocycles. The zero-order valence-electron chi connectivity index (χ0n) is 7.41. The van der Waals surface area contributed by atoms with Crippen molar-refractivity contribution in [2.45, 2.75) is 19.3 Å². The molecule has 1 unspecified atom stereocenters. The molecule has 2 rings (SSSR count). The quantitative estimate of drug-likeness (QED) is 0.620. The molecular formula is C11H16O. The second kappa shape index (κ2) is 3.90. The van der Waals surface area contributed by atoms with Crippen LogP contribution in [0.25, 0.3) is 0 Å². The van der Waals surface area contributed by atoms with Gasteiger partial charge in [0.15, 0.2) is 0 Å². The Morgan fingerprint density at radius 1 is 1.17 bits per heavy atom. The monoisotopic (exact) mass is 164 g/mol. The Morgan fingerprint density at radius 3 is 2.75 bits per heavy atom. The van der Waals surface area contributed by atoms with Gasteiger partial charge in [0.2, 0.25) is 0 Å². The first-order chi connectivity index (χ1) is 5.95. The molecule has 0 bridgehead atoms. The third-order valence-electron chi connectivity index (χ3n) is 2.45. The van der Waals surface area contributed by atoms with E-state index in [0.717, 1.165) is 25.6 Å². The minimum atomic E-state index is 0.633. The number of rotatable bonds is 4. The summed E-state index contributed by atoms with van der Waals surface area (Å²) >= 11 is 0. The first kappa shape index (κ1) is 8.06. The van der Waals surface area contributed by atoms with Gasteiger partial charge < -0.3 is 4.74 Å². The molecule has 1 saturated carbocycles. The lowest BCUT2D eigenvalue weighted by molar-refractivity contribution is 0.104. The summed E-state index contributed by atoms with van der Waals surface area (Å²) in [5.74, 6) is 1.53. The molecule has 1 fully saturated rings. The van der Waals surface area contributed by atoms with Crippen molar-refractivity contribution >= 4 is 0 Å². The highest BCUT2D eigenvalue weighted by Gasteiger charge is 2.21. The first-order valence-corrected chi connectivity index (χ1v) is 4.86. The van der Waals surface area contributed by atoms with Gasteiger partial charge in [0.1, 0.15) is 0 Å². The molecule has 0 aromatic heterocycles. The van der Waals surface area contributed by atoms with E-state index in [1.165, 1.54) is 12.8 Å². The van der Waals surface area contributed by atoms with Gasteiger partial charge in [-0.15, -0.1) is 0 Å². The minimum absolute atomic E-state index is 0.633. The molecule has 1 heteroatoms. The van der Waals surface area contributed by atoms with Gasteiger partial charge in [-0.2, -0.15) is 0 Å². The van der Waals surface area contributed by atoms with Gasteiger partial charge in [-0.25, -0.2) is 0 Å². The number of ether oxygens (including phenoxy) is 1. The summed E-state index contributed by atoms with van der Waals surface area (Å²) in [5, 5.41) is 0. The minimum Gasteiger partial charge on any atom is -0.381 e. The van der Waals surface area contributed by atoms with Crippen LogP contribution in [0.2, 0.25) is 0 Å². The van der Waals surface area contributed by atoms with Crippen molar-refractivity contribution in [3.05, 3.63) is 24.3 Å². The number of hydrogen-bond acceptors (Lipinski definition) is 1. The average Bonchev–Trinajstić information content (AvgIpc) is 2.90. The summed E-state index contributed by atoms with van der Waals surface area (Å²) in [6.45, 7) is 1.91. The molecular weight excluding hydrogens is 148 g/mol. The van der Waals surface area contributed by atoms with E-state index >= 15 is 0 Å². The topological polar surface area (TPSA) is 9.23 Å². The van der Waals surface area contributed by atoms with Gasteiger partial charge in [0, 0.05) is 12.5 Å². The van der Waals surface area contributed by atoms with Crippen LogP contribution in [0.4, 0.5) is 0 Å². The van der Waals surface area contributed by atoms with Crippen molar-refractivity contribution in [2.24, 2.45) is 11.8 Å². The zero-order valence-corrected chi connectivity index (χ0v) is 7.41. The maximum absolute atomic E-state index is 5.61. The summed E-state index contributed by atoms with van der Waals surface area (Å²) in [4.78, 5) is 0. The summed E-state index contributed by atoms with van der Waals surface area (Å²) < 4.78 is 5.61. The Hall–Kier alpha value is -0.560. The van der Waals surface area contributed by atoms with Crippen molar-refractivity contribution in [3.8, 4) is 0 Å². The van der Waals surface area contributed by atoms with Gasteiger partial charge in [-0.1, -0.05) is 24.3 Å². The molecule has 66 valence electrons. The fourth-order valence-electron chi connectivity index (χ4n) is 1.43. The van der Waals surface area contributed by atoms with Crippen molar-refractivity contribution in [3.63, 3.8) is 0 Å². The molecule has 1 atom stereocenters. The molecule has 0 amide bonds. The fourth-order valence-corrected chi connectivity index (χ4v) is 1.43. The van der Waals surface area contributed by atoms with Crippen LogP contribution in [0.1, 0.15) is 19.3 Å². The second-order valence-corrected chi connectivity index (χ2v) is 3.79. The molecule has 0 aromatic rings. The molecule has 0 aliphatic heterocycles. The highest BCUT2D eigenvalue weighted by Crippen LogP contribution is 2.29. The van der Waals surface area contributed by atoms with E-state index in [0.29, 0.717) is 5.92 Å². The molecule has 0 aromatic carbocycles. The van der Waals surface area contributed by atoms with Crippen LogP contribution >= 0.6 is 0 Å². The third-order valence-corrected chi connectivity index (χ3v) is 2.45. The summed E-state index contributed by atoms with van der Waals surface area (Å²) in [5.41, 5.74) is 0. The lowest BCUT2D eigenvalue weighted by Gasteiger charge is -2.12. The molecule has 12 heavy (non-hydrogen) atoms. The number of hydrogen-bond donors (Lipinski definition) is 0. The Morgan fingerprint density at radius 2 is 2.08 bits per heavy atom. The summed E-state index contributed by atoms with van der Waals surface area (Å²) in [6.07, 6.45) is 12.6. The van der Waals surface area contributed by atoms with Crippen molar-refractivity contribution in [2.75, 3.05) is 13.2 Å². The molecule has 1 nitrogen and oxygen atoms in total. The second-order valence-electron chi connectivity index (χ2n) is 3.79. The van der Waals surface area contributed by atoms with Gasteiger partial charge in [-0.05, 0) is 25.2 Å². The van der Waals surface area contributed by atoms with Crippen LogP contribution in [0.3, 0.4) is 0 Å². The van der Waals surface area contributed by atoms with Gasteiger partial charge >= 0.3 is 0 Å². The maximum atomic E-state index is 5.61. The Bertz CT molecular complexity index is 189. The van der Waals surface area contributed by atoms with Gasteiger partial charge in [0.05, 0.1) is 6.61 Å². The van der Waals surface area contributed by atoms with E-state index in [2.05, 4.69) is 24.3 Å². The maximum Gasteiger partial charge on any atom is 0.0532 e. The fraction of sp³-hybridized carbons (Fsp3) is 0.636. The van der Waals surface area contributed by atoms with Gasteiger partial charge in [-0.3, -0.25) is 0 Å². The van der Waals surface area contributed by atoms with E-state index < -0.39 is 0 Å². The van der Waals surface area contributed by atoms with Crippen molar-refractivity contribution in [1.82, 2.24) is 0 Å². The van der Waals surface area contributed by atoms with Crippen LogP contribution in [0.5, 0.6) is 0 Å². The Labute approximate surface area is 74.1 Å². The summed E-state index contributed by atoms with van der Waals surface area (Å²) in [7, 11) is 0.